The first kappa shape index (κ1) is 28.9. The van der Waals surface area contributed by atoms with E-state index in [1.54, 1.807) is 41.5 Å². The number of aliphatic hydroxyl groups excluding tert-OH is 1. The molecule has 9 nitrogen and oxygen atoms in total. The van der Waals surface area contributed by atoms with Gasteiger partial charge in [-0.05, 0) is 55.0 Å². The first-order valence-corrected chi connectivity index (χ1v) is 15.8. The van der Waals surface area contributed by atoms with Crippen LogP contribution in [0.4, 0.5) is 15.8 Å². The number of carbonyl (C=O) groups is 1. The van der Waals surface area contributed by atoms with Gasteiger partial charge < -0.3 is 20.5 Å². The maximum absolute atomic E-state index is 13.8. The average molecular weight is 577 g/mol. The topological polar surface area (TPSA) is 134 Å². The van der Waals surface area contributed by atoms with E-state index in [0.29, 0.717) is 16.3 Å². The number of nitrogens with zero attached hydrogens (tertiary/aromatic N) is 2. The molecule has 5 rings (SSSR count). The third-order valence-corrected chi connectivity index (χ3v) is 8.26. The van der Waals surface area contributed by atoms with E-state index in [9.17, 15) is 22.7 Å². The molecule has 0 radical (unpaired) electrons. The van der Waals surface area contributed by atoms with E-state index < -0.39 is 21.8 Å². The molecule has 3 aliphatic heterocycles. The molecule has 0 spiro atoms. The summed E-state index contributed by atoms with van der Waals surface area (Å²) in [5.41, 5.74) is 7.81. The highest BCUT2D eigenvalue weighted by molar-refractivity contribution is 7.98. The van der Waals surface area contributed by atoms with Crippen LogP contribution in [0.3, 0.4) is 0 Å². The van der Waals surface area contributed by atoms with Crippen molar-refractivity contribution in [2.75, 3.05) is 17.2 Å². The number of thioether (sulfide) groups is 1. The standard InChI is InChI=1S/C25H27FN4O5S2.C2H6/c1-36-19-11-15(29-37(2,33)34)7-8-16(19)28-24(27)21-23(31)20-17-9-10-18(35-17)22(20)30(25(21)32)12-13-3-5-14(26)6-4-13;1-2/h3-8,11,17-18,20,22,29,31H,9-10,12H2,1-2H3,(H2,27,28);1-2H3. The number of halogens is 1. The lowest BCUT2D eigenvalue weighted by molar-refractivity contribution is -0.133. The molecule has 12 heteroatoms. The van der Waals surface area contributed by atoms with Crippen molar-refractivity contribution in [2.24, 2.45) is 16.6 Å². The second kappa shape index (κ2) is 11.6. The van der Waals surface area contributed by atoms with Gasteiger partial charge in [0, 0.05) is 17.1 Å². The Morgan fingerprint density at radius 3 is 2.51 bits per heavy atom. The molecule has 2 aromatic rings. The minimum Gasteiger partial charge on any atom is -0.511 e. The number of rotatable bonds is 7. The number of hydrogen-bond acceptors (Lipinski definition) is 7. The molecular formula is C27H33FN4O5S2. The highest BCUT2D eigenvalue weighted by atomic mass is 32.2. The monoisotopic (exact) mass is 576 g/mol. The number of benzene rings is 2. The van der Waals surface area contributed by atoms with Crippen LogP contribution in [-0.4, -0.2) is 60.9 Å². The molecule has 4 atom stereocenters. The van der Waals surface area contributed by atoms with Crippen LogP contribution < -0.4 is 10.5 Å². The van der Waals surface area contributed by atoms with Crippen LogP contribution in [0.2, 0.25) is 0 Å². The second-order valence-corrected chi connectivity index (χ2v) is 12.0. The Balaban J connectivity index is 0.00000172. The van der Waals surface area contributed by atoms with Gasteiger partial charge in [-0.3, -0.25) is 9.52 Å². The van der Waals surface area contributed by atoms with Crippen LogP contribution in [0.15, 0.2) is 63.7 Å². The summed E-state index contributed by atoms with van der Waals surface area (Å²) < 4.78 is 45.1. The van der Waals surface area contributed by atoms with Gasteiger partial charge in [-0.15, -0.1) is 11.8 Å². The van der Waals surface area contributed by atoms with Crippen molar-refractivity contribution in [2.45, 2.75) is 56.4 Å². The van der Waals surface area contributed by atoms with Gasteiger partial charge in [-0.25, -0.2) is 17.8 Å². The number of ether oxygens (including phenoxy) is 1. The maximum Gasteiger partial charge on any atom is 0.261 e. The van der Waals surface area contributed by atoms with Crippen LogP contribution in [0.1, 0.15) is 32.3 Å². The molecule has 4 unspecified atom stereocenters. The normalized spacial score (nSPS) is 24.4. The predicted octanol–water partition coefficient (Wildman–Crippen LogP) is 4.33. The SMILES string of the molecule is CC.CSc1cc(NS(C)(=O)=O)ccc1N=C(N)C1=C(O)C2C3CCC(O3)C2N(Cc2ccc(F)cc2)C1=O. The number of amides is 1. The Bertz CT molecular complexity index is 1410. The molecule has 0 saturated carbocycles. The van der Waals surface area contributed by atoms with Gasteiger partial charge in [0.15, 0.2) is 0 Å². The molecule has 0 aromatic heterocycles. The molecule has 2 aromatic carbocycles. The molecule has 1 amide bonds. The van der Waals surface area contributed by atoms with E-state index in [2.05, 4.69) is 9.71 Å². The average Bonchev–Trinajstić information content (AvgIpc) is 3.51. The van der Waals surface area contributed by atoms with E-state index >= 15 is 0 Å². The smallest absolute Gasteiger partial charge is 0.261 e. The fourth-order valence-corrected chi connectivity index (χ4v) is 6.50. The summed E-state index contributed by atoms with van der Waals surface area (Å²) in [6.45, 7) is 4.21. The molecule has 2 fully saturated rings. The number of fused-ring (bicyclic) bond motifs is 5. The summed E-state index contributed by atoms with van der Waals surface area (Å²) in [4.78, 5) is 20.5. The zero-order valence-electron chi connectivity index (χ0n) is 22.2. The minimum absolute atomic E-state index is 0.0788. The van der Waals surface area contributed by atoms with Crippen molar-refractivity contribution >= 4 is 44.9 Å². The molecule has 3 aliphatic rings. The minimum atomic E-state index is -3.46. The zero-order chi connectivity index (χ0) is 28.5. The Morgan fingerprint density at radius 1 is 1.21 bits per heavy atom. The maximum atomic E-state index is 13.8. The Morgan fingerprint density at radius 2 is 1.87 bits per heavy atom. The van der Waals surface area contributed by atoms with Gasteiger partial charge in [0.2, 0.25) is 10.0 Å². The van der Waals surface area contributed by atoms with Crippen LogP contribution in [0.5, 0.6) is 0 Å². The summed E-state index contributed by atoms with van der Waals surface area (Å²) in [6, 6.07) is 10.3. The lowest BCUT2D eigenvalue weighted by Crippen LogP contribution is -2.55. The Labute approximate surface area is 232 Å². The van der Waals surface area contributed by atoms with Crippen molar-refractivity contribution in [3.05, 3.63) is 65.2 Å². The lowest BCUT2D eigenvalue weighted by Gasteiger charge is -2.41. The number of nitrogens with one attached hydrogen (secondary N) is 1. The van der Waals surface area contributed by atoms with E-state index in [0.717, 1.165) is 24.7 Å². The van der Waals surface area contributed by atoms with Crippen LogP contribution in [0.25, 0.3) is 0 Å². The summed E-state index contributed by atoms with van der Waals surface area (Å²) in [5.74, 6) is -1.54. The third-order valence-electron chi connectivity index (χ3n) is 6.89. The Kier molecular flexibility index (Phi) is 8.57. The van der Waals surface area contributed by atoms with E-state index in [4.69, 9.17) is 10.5 Å². The van der Waals surface area contributed by atoms with Crippen molar-refractivity contribution in [3.8, 4) is 0 Å². The summed E-state index contributed by atoms with van der Waals surface area (Å²) in [7, 11) is -3.46. The van der Waals surface area contributed by atoms with Gasteiger partial charge in [0.1, 0.15) is 23.0 Å². The number of aliphatic imine (C=N–C) groups is 1. The van der Waals surface area contributed by atoms with Crippen LogP contribution in [0, 0.1) is 11.7 Å². The lowest BCUT2D eigenvalue weighted by atomic mass is 9.78. The van der Waals surface area contributed by atoms with E-state index in [1.165, 1.54) is 23.9 Å². The molecule has 4 N–H and O–H groups in total. The zero-order valence-corrected chi connectivity index (χ0v) is 23.9. The molecule has 210 valence electrons. The van der Waals surface area contributed by atoms with Crippen molar-refractivity contribution in [1.82, 2.24) is 4.90 Å². The number of carbonyl (C=O) groups excluding carboxylic acids is 1. The fraction of sp³-hybridized carbons (Fsp3) is 0.407. The summed E-state index contributed by atoms with van der Waals surface area (Å²) in [5, 5.41) is 11.3. The molecule has 0 aliphatic carbocycles. The Hall–Kier alpha value is -3.09. The second-order valence-electron chi connectivity index (χ2n) is 9.38. The molecule has 2 bridgehead atoms. The van der Waals surface area contributed by atoms with Crippen molar-refractivity contribution < 1.29 is 27.4 Å². The number of hydrogen-bond donors (Lipinski definition) is 3. The third kappa shape index (κ3) is 5.92. The number of amidine groups is 1. The summed E-state index contributed by atoms with van der Waals surface area (Å²) in [6.07, 6.45) is 3.99. The fourth-order valence-electron chi connectivity index (χ4n) is 5.38. The first-order valence-electron chi connectivity index (χ1n) is 12.7. The van der Waals surface area contributed by atoms with Gasteiger partial charge >= 0.3 is 0 Å². The number of aliphatic hydroxyl groups is 1. The van der Waals surface area contributed by atoms with Crippen LogP contribution >= 0.6 is 11.8 Å². The van der Waals surface area contributed by atoms with Crippen LogP contribution in [-0.2, 0) is 26.1 Å². The molecule has 2 saturated heterocycles. The summed E-state index contributed by atoms with van der Waals surface area (Å²) >= 11 is 1.33. The van der Waals surface area contributed by atoms with Gasteiger partial charge in [-0.2, -0.15) is 0 Å². The first-order chi connectivity index (χ1) is 18.6. The number of nitrogens with two attached hydrogens (primary N) is 1. The van der Waals surface area contributed by atoms with Gasteiger partial charge in [0.05, 0.1) is 36.1 Å². The highest BCUT2D eigenvalue weighted by Gasteiger charge is 2.58. The van der Waals surface area contributed by atoms with Gasteiger partial charge in [0.25, 0.3) is 5.91 Å². The molecular weight excluding hydrogens is 543 g/mol. The van der Waals surface area contributed by atoms with Crippen molar-refractivity contribution in [3.63, 3.8) is 0 Å². The largest absolute Gasteiger partial charge is 0.511 e. The highest BCUT2D eigenvalue weighted by Crippen LogP contribution is 2.48. The van der Waals surface area contributed by atoms with E-state index in [-0.39, 0.29) is 47.8 Å². The molecule has 39 heavy (non-hydrogen) atoms. The quantitative estimate of drug-likeness (QED) is 0.254. The predicted molar refractivity (Wildman–Crippen MR) is 151 cm³/mol. The van der Waals surface area contributed by atoms with E-state index in [1.807, 2.05) is 13.8 Å². The van der Waals surface area contributed by atoms with Gasteiger partial charge in [-0.1, -0.05) is 26.0 Å². The molecule has 3 heterocycles. The number of anilines is 1. The van der Waals surface area contributed by atoms with Crippen molar-refractivity contribution in [1.29, 1.82) is 0 Å². The number of sulfonamides is 1.